The van der Waals surface area contributed by atoms with E-state index in [0.717, 1.165) is 65.2 Å². The quantitative estimate of drug-likeness (QED) is 0.708. The molecule has 0 aliphatic carbocycles. The molecule has 0 aromatic rings. The summed E-state index contributed by atoms with van der Waals surface area (Å²) in [6.45, 7) is 8.52. The highest BCUT2D eigenvalue weighted by molar-refractivity contribution is 5.85. The summed E-state index contributed by atoms with van der Waals surface area (Å²) >= 11 is 0. The summed E-state index contributed by atoms with van der Waals surface area (Å²) in [6, 6.07) is 0. The molecule has 19 heavy (non-hydrogen) atoms. The van der Waals surface area contributed by atoms with Gasteiger partial charge in [-0.2, -0.15) is 0 Å². The van der Waals surface area contributed by atoms with Crippen LogP contribution >= 0.6 is 0 Å². The van der Waals surface area contributed by atoms with Gasteiger partial charge in [-0.1, -0.05) is 0 Å². The number of amides is 1. The molecule has 0 bridgehead atoms. The highest BCUT2D eigenvalue weighted by Crippen LogP contribution is 2.18. The minimum absolute atomic E-state index is 0.161. The second-order valence-corrected chi connectivity index (χ2v) is 5.78. The van der Waals surface area contributed by atoms with Crippen molar-refractivity contribution in [3.05, 3.63) is 0 Å². The number of nitrogens with one attached hydrogen (secondary N) is 2. The number of nitrogens with zero attached hydrogens (tertiary/aromatic N) is 1. The van der Waals surface area contributed by atoms with E-state index in [1.54, 1.807) is 0 Å². The molecule has 1 unspecified atom stereocenters. The summed E-state index contributed by atoms with van der Waals surface area (Å²) in [6.07, 6.45) is 4.29. The van der Waals surface area contributed by atoms with Crippen LogP contribution in [0, 0.1) is 0 Å². The van der Waals surface area contributed by atoms with E-state index in [0.29, 0.717) is 0 Å². The molecular weight excluding hydrogens is 242 g/mol. The largest absolute Gasteiger partial charge is 0.379 e. The second kappa shape index (κ2) is 7.22. The molecule has 0 radical (unpaired) electrons. The van der Waals surface area contributed by atoms with Gasteiger partial charge in [0.2, 0.25) is 5.91 Å². The maximum absolute atomic E-state index is 12.2. The first kappa shape index (κ1) is 14.8. The van der Waals surface area contributed by atoms with Gasteiger partial charge in [-0.3, -0.25) is 9.69 Å². The van der Waals surface area contributed by atoms with Gasteiger partial charge in [0.15, 0.2) is 0 Å². The fourth-order valence-corrected chi connectivity index (χ4v) is 2.77. The van der Waals surface area contributed by atoms with Crippen molar-refractivity contribution in [1.29, 1.82) is 0 Å². The van der Waals surface area contributed by atoms with Gasteiger partial charge in [-0.15, -0.1) is 0 Å². The molecule has 2 rings (SSSR count). The molecule has 110 valence electrons. The van der Waals surface area contributed by atoms with E-state index in [4.69, 9.17) is 4.74 Å². The zero-order valence-corrected chi connectivity index (χ0v) is 12.0. The van der Waals surface area contributed by atoms with Crippen LogP contribution in [-0.2, 0) is 9.53 Å². The van der Waals surface area contributed by atoms with Crippen LogP contribution < -0.4 is 10.6 Å². The summed E-state index contributed by atoms with van der Waals surface area (Å²) in [5, 5.41) is 6.42. The molecule has 0 saturated carbocycles. The van der Waals surface area contributed by atoms with Crippen LogP contribution in [-0.4, -0.2) is 62.3 Å². The SMILES string of the molecule is CC1(C(=O)NCCCN2CCOCC2)CCCCN1. The predicted octanol–water partition coefficient (Wildman–Crippen LogP) is 0.357. The Hall–Kier alpha value is -0.650. The van der Waals surface area contributed by atoms with Gasteiger partial charge in [0.05, 0.1) is 18.8 Å². The van der Waals surface area contributed by atoms with Crippen molar-refractivity contribution in [2.45, 2.75) is 38.1 Å². The van der Waals surface area contributed by atoms with Crippen LogP contribution in [0.1, 0.15) is 32.6 Å². The fraction of sp³-hybridized carbons (Fsp3) is 0.929. The smallest absolute Gasteiger partial charge is 0.240 e. The van der Waals surface area contributed by atoms with E-state index in [2.05, 4.69) is 15.5 Å². The van der Waals surface area contributed by atoms with E-state index in [1.165, 1.54) is 6.42 Å². The van der Waals surface area contributed by atoms with Crippen LogP contribution in [0.5, 0.6) is 0 Å². The lowest BCUT2D eigenvalue weighted by Gasteiger charge is -2.33. The normalized spacial score (nSPS) is 29.1. The van der Waals surface area contributed by atoms with E-state index in [9.17, 15) is 4.79 Å². The highest BCUT2D eigenvalue weighted by atomic mass is 16.5. The summed E-state index contributed by atoms with van der Waals surface area (Å²) in [7, 11) is 0. The molecule has 1 amide bonds. The van der Waals surface area contributed by atoms with Gasteiger partial charge < -0.3 is 15.4 Å². The summed E-state index contributed by atoms with van der Waals surface area (Å²) < 4.78 is 5.32. The van der Waals surface area contributed by atoms with Gasteiger partial charge in [0, 0.05) is 19.6 Å². The van der Waals surface area contributed by atoms with Gasteiger partial charge in [-0.05, 0) is 45.7 Å². The van der Waals surface area contributed by atoms with Gasteiger partial charge in [0.1, 0.15) is 0 Å². The van der Waals surface area contributed by atoms with Crippen LogP contribution in [0.4, 0.5) is 0 Å². The fourth-order valence-electron chi connectivity index (χ4n) is 2.77. The Morgan fingerprint density at radius 1 is 1.37 bits per heavy atom. The second-order valence-electron chi connectivity index (χ2n) is 5.78. The zero-order chi connectivity index (χ0) is 13.6. The van der Waals surface area contributed by atoms with Crippen LogP contribution in [0.15, 0.2) is 0 Å². The van der Waals surface area contributed by atoms with Crippen molar-refractivity contribution in [3.8, 4) is 0 Å². The summed E-state index contributed by atoms with van der Waals surface area (Å²) in [4.78, 5) is 14.6. The van der Waals surface area contributed by atoms with Gasteiger partial charge in [0.25, 0.3) is 0 Å². The molecule has 0 spiro atoms. The molecule has 2 N–H and O–H groups in total. The number of hydrogen-bond donors (Lipinski definition) is 2. The molecule has 5 heteroatoms. The maximum atomic E-state index is 12.2. The number of ether oxygens (including phenoxy) is 1. The maximum Gasteiger partial charge on any atom is 0.240 e. The number of morpholine rings is 1. The number of carbonyl (C=O) groups is 1. The summed E-state index contributed by atoms with van der Waals surface area (Å²) in [5.41, 5.74) is -0.350. The van der Waals surface area contributed by atoms with Crippen molar-refractivity contribution < 1.29 is 9.53 Å². The molecule has 2 heterocycles. The number of piperidine rings is 1. The molecule has 2 aliphatic heterocycles. The van der Waals surface area contributed by atoms with Crippen molar-refractivity contribution in [1.82, 2.24) is 15.5 Å². The molecule has 5 nitrogen and oxygen atoms in total. The monoisotopic (exact) mass is 269 g/mol. The average molecular weight is 269 g/mol. The zero-order valence-electron chi connectivity index (χ0n) is 12.0. The van der Waals surface area contributed by atoms with Gasteiger partial charge >= 0.3 is 0 Å². The van der Waals surface area contributed by atoms with Crippen molar-refractivity contribution in [3.63, 3.8) is 0 Å². The minimum atomic E-state index is -0.350. The third kappa shape index (κ3) is 4.44. The lowest BCUT2D eigenvalue weighted by atomic mass is 9.90. The van der Waals surface area contributed by atoms with E-state index in [1.807, 2.05) is 6.92 Å². The Labute approximate surface area is 116 Å². The lowest BCUT2D eigenvalue weighted by molar-refractivity contribution is -0.127. The van der Waals surface area contributed by atoms with Crippen molar-refractivity contribution in [2.24, 2.45) is 0 Å². The Morgan fingerprint density at radius 2 is 2.16 bits per heavy atom. The van der Waals surface area contributed by atoms with Crippen LogP contribution in [0.3, 0.4) is 0 Å². The Morgan fingerprint density at radius 3 is 2.84 bits per heavy atom. The number of rotatable bonds is 5. The standard InChI is InChI=1S/C14H27N3O2/c1-14(5-2-3-7-16-14)13(18)15-6-4-8-17-9-11-19-12-10-17/h16H,2-12H2,1H3,(H,15,18). The first-order valence-electron chi connectivity index (χ1n) is 7.54. The minimum Gasteiger partial charge on any atom is -0.379 e. The van der Waals surface area contributed by atoms with E-state index < -0.39 is 0 Å². The third-order valence-corrected chi connectivity index (χ3v) is 4.16. The lowest BCUT2D eigenvalue weighted by Crippen LogP contribution is -2.57. The number of carbonyl (C=O) groups excluding carboxylic acids is 1. The van der Waals surface area contributed by atoms with Crippen molar-refractivity contribution in [2.75, 3.05) is 45.9 Å². The molecular formula is C14H27N3O2. The molecule has 2 aliphatic rings. The molecule has 2 fully saturated rings. The average Bonchev–Trinajstić information content (AvgIpc) is 2.45. The molecule has 1 atom stereocenters. The Bertz CT molecular complexity index is 284. The number of hydrogen-bond acceptors (Lipinski definition) is 4. The summed E-state index contributed by atoms with van der Waals surface area (Å²) in [5.74, 6) is 0.161. The topological polar surface area (TPSA) is 53.6 Å². The molecule has 0 aromatic heterocycles. The molecule has 0 aromatic carbocycles. The molecule has 2 saturated heterocycles. The highest BCUT2D eigenvalue weighted by Gasteiger charge is 2.33. The van der Waals surface area contributed by atoms with Crippen LogP contribution in [0.25, 0.3) is 0 Å². The first-order valence-corrected chi connectivity index (χ1v) is 7.54. The Kier molecular flexibility index (Phi) is 5.60. The van der Waals surface area contributed by atoms with Crippen molar-refractivity contribution >= 4 is 5.91 Å². The Balaban J connectivity index is 1.60. The third-order valence-electron chi connectivity index (χ3n) is 4.16. The van der Waals surface area contributed by atoms with Crippen LogP contribution in [0.2, 0.25) is 0 Å². The first-order chi connectivity index (χ1) is 9.21. The van der Waals surface area contributed by atoms with Gasteiger partial charge in [-0.25, -0.2) is 0 Å². The van der Waals surface area contributed by atoms with E-state index >= 15 is 0 Å². The van der Waals surface area contributed by atoms with E-state index in [-0.39, 0.29) is 11.4 Å². The predicted molar refractivity (Wildman–Crippen MR) is 75.1 cm³/mol.